The van der Waals surface area contributed by atoms with Crippen molar-refractivity contribution in [3.05, 3.63) is 0 Å². The number of halogens is 1. The molecule has 1 N–H and O–H groups in total. The summed E-state index contributed by atoms with van der Waals surface area (Å²) >= 11 is 2.23. The number of unbranched alkanes of at least 4 members (excludes halogenated alkanes) is 30. The van der Waals surface area contributed by atoms with E-state index in [-0.39, 0.29) is 0 Å². The van der Waals surface area contributed by atoms with E-state index in [1.807, 2.05) is 0 Å². The summed E-state index contributed by atoms with van der Waals surface area (Å²) in [5, 5.41) is 0. The maximum atomic E-state index is 8.52. The summed E-state index contributed by atoms with van der Waals surface area (Å²) in [4.78, 5) is 0. The van der Waals surface area contributed by atoms with Crippen molar-refractivity contribution in [3.63, 3.8) is 0 Å². The van der Waals surface area contributed by atoms with Gasteiger partial charge in [-0.1, -0.05) is 206 Å². The molecule has 41 heavy (non-hydrogen) atoms. The van der Waals surface area contributed by atoms with Crippen LogP contribution in [-0.2, 0) is 0 Å². The van der Waals surface area contributed by atoms with Gasteiger partial charge in [-0.25, -0.2) is 0 Å². The summed E-state index contributed by atoms with van der Waals surface area (Å²) in [6, 6.07) is 0. The molecule has 0 atom stereocenters. The van der Waals surface area contributed by atoms with Crippen LogP contribution < -0.4 is 9.32 Å². The van der Waals surface area contributed by atoms with Crippen molar-refractivity contribution >= 4 is 11.8 Å². The van der Waals surface area contributed by atoms with E-state index in [1.54, 1.807) is 0 Å². The Hall–Kier alpha value is 0.520. The zero-order chi connectivity index (χ0) is 30.3. The Balaban J connectivity index is 0. The zero-order valence-corrected chi connectivity index (χ0v) is 29.7. The van der Waals surface area contributed by atoms with Crippen LogP contribution in [0.1, 0.15) is 219 Å². The molecule has 0 aliphatic heterocycles. The second-order valence-electron chi connectivity index (χ2n) is 12.4. The first kappa shape index (κ1) is 43.6. The van der Waals surface area contributed by atoms with Crippen LogP contribution in [0.4, 0.5) is 0 Å². The van der Waals surface area contributed by atoms with E-state index in [4.69, 9.17) is 14.0 Å². The molecule has 0 saturated carbocycles. The van der Waals surface area contributed by atoms with E-state index < -0.39 is 10.8 Å². The predicted molar refractivity (Wildman–Crippen MR) is 179 cm³/mol. The lowest BCUT2D eigenvalue weighted by Gasteiger charge is -2.05. The van der Waals surface area contributed by atoms with Gasteiger partial charge in [-0.3, -0.25) is 0 Å². The third kappa shape index (κ3) is 50.5. The number of thioether (sulfide) groups is 1. The summed E-state index contributed by atoms with van der Waals surface area (Å²) in [6.45, 7) is 4.62. The SMILES string of the molecule is CCCCCCCCCCCCCCCCCCSCCCCCCCCCCCCCCCCCC.[O-][Cl+2]([O-])O. The fourth-order valence-electron chi connectivity index (χ4n) is 5.61. The molecule has 0 bridgehead atoms. The second kappa shape index (κ2) is 42.7. The quantitative estimate of drug-likeness (QED) is 0.0725. The van der Waals surface area contributed by atoms with Crippen LogP contribution in [-0.4, -0.2) is 16.2 Å². The normalized spacial score (nSPS) is 11.3. The minimum atomic E-state index is -2.60. The van der Waals surface area contributed by atoms with E-state index in [0.717, 1.165) is 0 Å². The molecule has 3 nitrogen and oxygen atoms in total. The lowest BCUT2D eigenvalue weighted by atomic mass is 10.0. The van der Waals surface area contributed by atoms with Crippen LogP contribution in [0.15, 0.2) is 0 Å². The molecular weight excluding hydrogens is 548 g/mol. The largest absolute Gasteiger partial charge is 0.321 e. The highest BCUT2D eigenvalue weighted by Gasteiger charge is 1.97. The number of hydrogen-bond acceptors (Lipinski definition) is 4. The maximum Gasteiger partial charge on any atom is 0.282 e. The van der Waals surface area contributed by atoms with Gasteiger partial charge in [0.1, 0.15) is 0 Å². The molecule has 0 aliphatic rings. The lowest BCUT2D eigenvalue weighted by Crippen LogP contribution is -2.30. The molecule has 0 radical (unpaired) electrons. The molecule has 0 spiro atoms. The highest BCUT2D eigenvalue weighted by molar-refractivity contribution is 7.99. The Kier molecular flexibility index (Phi) is 45.4. The fraction of sp³-hybridized carbons (Fsp3) is 1.00. The summed E-state index contributed by atoms with van der Waals surface area (Å²) < 4.78 is 24.0. The van der Waals surface area contributed by atoms with Crippen molar-refractivity contribution < 1.29 is 24.8 Å². The molecule has 0 amide bonds. The van der Waals surface area contributed by atoms with E-state index >= 15 is 0 Å². The third-order valence-electron chi connectivity index (χ3n) is 8.28. The average Bonchev–Trinajstić information content (AvgIpc) is 2.95. The lowest BCUT2D eigenvalue weighted by molar-refractivity contribution is -1.63. The summed E-state index contributed by atoms with van der Waals surface area (Å²) in [7, 11) is -2.60. The monoisotopic (exact) mass is 623 g/mol. The molecule has 0 aromatic carbocycles. The van der Waals surface area contributed by atoms with Gasteiger partial charge < -0.3 is 9.32 Å². The molecule has 0 aromatic rings. The Morgan fingerprint density at radius 1 is 0.341 bits per heavy atom. The molecule has 250 valence electrons. The van der Waals surface area contributed by atoms with Crippen LogP contribution in [0.3, 0.4) is 0 Å². The average molecular weight is 624 g/mol. The zero-order valence-electron chi connectivity index (χ0n) is 28.1. The summed E-state index contributed by atoms with van der Waals surface area (Å²) in [5.41, 5.74) is 0. The third-order valence-corrected chi connectivity index (χ3v) is 9.44. The van der Waals surface area contributed by atoms with Gasteiger partial charge in [0.05, 0.1) is 0 Å². The van der Waals surface area contributed by atoms with Gasteiger partial charge >= 0.3 is 0 Å². The maximum absolute atomic E-state index is 8.52. The molecule has 0 aliphatic carbocycles. The first-order chi connectivity index (χ1) is 20.1. The van der Waals surface area contributed by atoms with E-state index in [2.05, 4.69) is 25.6 Å². The summed E-state index contributed by atoms with van der Waals surface area (Å²) in [6.07, 6.45) is 47.2. The molecule has 0 rings (SSSR count). The van der Waals surface area contributed by atoms with Crippen LogP contribution in [0.5, 0.6) is 0 Å². The van der Waals surface area contributed by atoms with Crippen LogP contribution >= 0.6 is 11.8 Å². The molecule has 0 heterocycles. The van der Waals surface area contributed by atoms with Gasteiger partial charge in [-0.15, -0.1) is 0 Å². The van der Waals surface area contributed by atoms with E-state index in [0.29, 0.717) is 0 Å². The molecule has 0 unspecified atom stereocenters. The highest BCUT2D eigenvalue weighted by atomic mass is 35.6. The second-order valence-corrected chi connectivity index (χ2v) is 14.0. The van der Waals surface area contributed by atoms with Gasteiger partial charge in [0.2, 0.25) is 0 Å². The van der Waals surface area contributed by atoms with Gasteiger partial charge in [0.15, 0.2) is 0 Å². The van der Waals surface area contributed by atoms with Gasteiger partial charge in [0.25, 0.3) is 10.8 Å². The van der Waals surface area contributed by atoms with Crippen molar-refractivity contribution in [2.75, 3.05) is 11.5 Å². The van der Waals surface area contributed by atoms with Crippen molar-refractivity contribution in [1.82, 2.24) is 0 Å². The first-order valence-electron chi connectivity index (χ1n) is 18.5. The minimum absolute atomic E-state index is 1.37. The molecular formula is C36H75ClO3S. The fourth-order valence-corrected chi connectivity index (χ4v) is 6.63. The Morgan fingerprint density at radius 2 is 0.488 bits per heavy atom. The smallest absolute Gasteiger partial charge is 0.282 e. The molecule has 5 heteroatoms. The Morgan fingerprint density at radius 3 is 0.659 bits per heavy atom. The van der Waals surface area contributed by atoms with Crippen LogP contribution in [0, 0.1) is 10.8 Å². The van der Waals surface area contributed by atoms with Crippen molar-refractivity contribution in [1.29, 1.82) is 0 Å². The van der Waals surface area contributed by atoms with E-state index in [1.165, 1.54) is 217 Å². The summed E-state index contributed by atoms with van der Waals surface area (Å²) in [5.74, 6) is 2.83. The number of rotatable bonds is 34. The van der Waals surface area contributed by atoms with Crippen molar-refractivity contribution in [2.24, 2.45) is 0 Å². The molecule has 0 fully saturated rings. The topological polar surface area (TPSA) is 66.3 Å². The minimum Gasteiger partial charge on any atom is -0.321 e. The predicted octanol–water partition coefficient (Wildman–Crippen LogP) is 11.3. The van der Waals surface area contributed by atoms with Crippen LogP contribution in [0.2, 0.25) is 0 Å². The van der Waals surface area contributed by atoms with Crippen LogP contribution in [0.25, 0.3) is 0 Å². The Labute approximate surface area is 266 Å². The molecule has 0 aromatic heterocycles. The first-order valence-corrected chi connectivity index (χ1v) is 20.6. The number of hydrogen-bond donors (Lipinski definition) is 1. The molecule has 0 saturated heterocycles. The van der Waals surface area contributed by atoms with Gasteiger partial charge in [-0.05, 0) is 24.3 Å². The standard InChI is InChI=1S/C36H74S.ClHO3/c1-3-5-7-9-11-13-15-17-19-21-23-25-27-29-31-33-35-37-36-34-32-30-28-26-24-22-20-18-16-14-12-10-8-6-4-2;2-1(3)4/h3-36H2,1-2H3;2H. The highest BCUT2D eigenvalue weighted by Crippen LogP contribution is 2.17. The van der Waals surface area contributed by atoms with Crippen molar-refractivity contribution in [2.45, 2.75) is 219 Å². The van der Waals surface area contributed by atoms with Gasteiger partial charge in [0, 0.05) is 4.66 Å². The van der Waals surface area contributed by atoms with E-state index in [9.17, 15) is 0 Å². The Bertz CT molecular complexity index is 389. The van der Waals surface area contributed by atoms with Crippen molar-refractivity contribution in [3.8, 4) is 0 Å². The van der Waals surface area contributed by atoms with Gasteiger partial charge in [-0.2, -0.15) is 11.8 Å².